The number of hydrogen-bond donors (Lipinski definition) is 1. The fraction of sp³-hybridized carbons (Fsp3) is 0.500. The molecule has 0 bridgehead atoms. The van der Waals surface area contributed by atoms with Gasteiger partial charge in [0.1, 0.15) is 11.4 Å². The van der Waals surface area contributed by atoms with Crippen LogP contribution in [0.3, 0.4) is 0 Å². The highest BCUT2D eigenvalue weighted by Gasteiger charge is 2.44. The van der Waals surface area contributed by atoms with Gasteiger partial charge in [-0.15, -0.1) is 0 Å². The summed E-state index contributed by atoms with van der Waals surface area (Å²) >= 11 is 0. The van der Waals surface area contributed by atoms with E-state index < -0.39 is 5.54 Å². The zero-order valence-electron chi connectivity index (χ0n) is 14.9. The molecule has 0 spiro atoms. The van der Waals surface area contributed by atoms with Gasteiger partial charge in [-0.3, -0.25) is 9.69 Å². The van der Waals surface area contributed by atoms with E-state index in [2.05, 4.69) is 15.2 Å². The molecule has 1 atom stereocenters. The van der Waals surface area contributed by atoms with Crippen LogP contribution in [-0.4, -0.2) is 40.0 Å². The lowest BCUT2D eigenvalue weighted by Gasteiger charge is -2.42. The first-order chi connectivity index (χ1) is 12.7. The number of aromatic nitrogens is 2. The topological polar surface area (TPSA) is 50.2 Å². The molecule has 1 N–H and O–H groups in total. The maximum atomic E-state index is 14.1. The van der Waals surface area contributed by atoms with E-state index in [0.717, 1.165) is 25.9 Å². The van der Waals surface area contributed by atoms with Gasteiger partial charge in [0, 0.05) is 37.6 Å². The monoisotopic (exact) mass is 356 g/mol. The molecule has 2 aromatic rings. The zero-order valence-corrected chi connectivity index (χ0v) is 14.9. The largest absolute Gasteiger partial charge is 0.354 e. The highest BCUT2D eigenvalue weighted by molar-refractivity contribution is 5.85. The summed E-state index contributed by atoms with van der Waals surface area (Å²) in [7, 11) is 0. The van der Waals surface area contributed by atoms with Gasteiger partial charge in [0.2, 0.25) is 5.91 Å². The van der Waals surface area contributed by atoms with Crippen molar-refractivity contribution in [1.29, 1.82) is 0 Å². The molecule has 2 aliphatic rings. The molecule has 1 amide bonds. The SMILES string of the molecule is O=C(NCC1CC1)C1(n2ccnc2)CCCN(Cc2ccccc2F)C1. The molecule has 1 unspecified atom stereocenters. The number of halogens is 1. The molecule has 1 saturated heterocycles. The van der Waals surface area contributed by atoms with Gasteiger partial charge in [-0.25, -0.2) is 9.37 Å². The van der Waals surface area contributed by atoms with Crippen molar-refractivity contribution in [3.05, 3.63) is 54.4 Å². The number of carbonyl (C=O) groups is 1. The minimum Gasteiger partial charge on any atom is -0.354 e. The maximum absolute atomic E-state index is 14.1. The molecule has 6 heteroatoms. The highest BCUT2D eigenvalue weighted by Crippen LogP contribution is 2.32. The van der Waals surface area contributed by atoms with Crippen LogP contribution in [0, 0.1) is 11.7 Å². The first-order valence-electron chi connectivity index (χ1n) is 9.40. The van der Waals surface area contributed by atoms with Gasteiger partial charge in [-0.1, -0.05) is 18.2 Å². The summed E-state index contributed by atoms with van der Waals surface area (Å²) in [6.07, 6.45) is 9.38. The smallest absolute Gasteiger partial charge is 0.247 e. The molecule has 26 heavy (non-hydrogen) atoms. The average molecular weight is 356 g/mol. The summed E-state index contributed by atoms with van der Waals surface area (Å²) in [6.45, 7) is 2.69. The van der Waals surface area contributed by atoms with Gasteiger partial charge < -0.3 is 9.88 Å². The first-order valence-corrected chi connectivity index (χ1v) is 9.40. The Morgan fingerprint density at radius 1 is 1.35 bits per heavy atom. The Bertz CT molecular complexity index is 759. The number of likely N-dealkylation sites (tertiary alicyclic amines) is 1. The fourth-order valence-electron chi connectivity index (χ4n) is 3.87. The van der Waals surface area contributed by atoms with E-state index in [1.54, 1.807) is 18.6 Å². The van der Waals surface area contributed by atoms with E-state index >= 15 is 0 Å². The number of amides is 1. The van der Waals surface area contributed by atoms with Crippen LogP contribution in [0.1, 0.15) is 31.2 Å². The van der Waals surface area contributed by atoms with Crippen molar-refractivity contribution >= 4 is 5.91 Å². The van der Waals surface area contributed by atoms with Crippen LogP contribution < -0.4 is 5.32 Å². The van der Waals surface area contributed by atoms with Crippen LogP contribution in [0.25, 0.3) is 0 Å². The number of benzene rings is 1. The van der Waals surface area contributed by atoms with Gasteiger partial charge in [0.25, 0.3) is 0 Å². The van der Waals surface area contributed by atoms with Crippen molar-refractivity contribution in [2.24, 2.45) is 5.92 Å². The summed E-state index contributed by atoms with van der Waals surface area (Å²) in [5, 5.41) is 3.15. The standard InChI is InChI=1S/C20H25FN4O/c21-18-5-2-1-4-17(18)13-24-10-3-8-20(14-24,25-11-9-22-15-25)19(26)23-12-16-6-7-16/h1-2,4-5,9,11,15-16H,3,6-8,10,12-14H2,(H,23,26). The van der Waals surface area contributed by atoms with Crippen molar-refractivity contribution in [3.63, 3.8) is 0 Å². The number of rotatable bonds is 6. The third-order valence-corrected chi connectivity index (χ3v) is 5.57. The van der Waals surface area contributed by atoms with Gasteiger partial charge in [-0.2, -0.15) is 0 Å². The predicted molar refractivity (Wildman–Crippen MR) is 96.8 cm³/mol. The maximum Gasteiger partial charge on any atom is 0.247 e. The van der Waals surface area contributed by atoms with Gasteiger partial charge >= 0.3 is 0 Å². The molecule has 138 valence electrons. The molecule has 1 aromatic heterocycles. The van der Waals surface area contributed by atoms with Crippen LogP contribution in [0.4, 0.5) is 4.39 Å². The first kappa shape index (κ1) is 17.2. The van der Waals surface area contributed by atoms with Gasteiger partial charge in [0.05, 0.1) is 6.33 Å². The van der Waals surface area contributed by atoms with Gasteiger partial charge in [-0.05, 0) is 44.2 Å². The molecule has 2 heterocycles. The zero-order chi connectivity index (χ0) is 18.0. The Hall–Kier alpha value is -2.21. The number of piperidine rings is 1. The quantitative estimate of drug-likeness (QED) is 0.865. The van der Waals surface area contributed by atoms with Crippen LogP contribution in [0.15, 0.2) is 43.0 Å². The summed E-state index contributed by atoms with van der Waals surface area (Å²) in [5.74, 6) is 0.502. The van der Waals surface area contributed by atoms with E-state index in [1.807, 2.05) is 22.9 Å². The Kier molecular flexibility index (Phi) is 4.76. The molecule has 1 aliphatic carbocycles. The molecular formula is C20H25FN4O. The summed E-state index contributed by atoms with van der Waals surface area (Å²) < 4.78 is 16.0. The summed E-state index contributed by atoms with van der Waals surface area (Å²) in [5.41, 5.74) is 0.00171. The van der Waals surface area contributed by atoms with Crippen molar-refractivity contribution in [3.8, 4) is 0 Å². The van der Waals surface area contributed by atoms with Crippen molar-refractivity contribution in [1.82, 2.24) is 19.8 Å². The third-order valence-electron chi connectivity index (χ3n) is 5.57. The lowest BCUT2D eigenvalue weighted by molar-refractivity contribution is -0.133. The fourth-order valence-corrected chi connectivity index (χ4v) is 3.87. The Balaban J connectivity index is 1.54. The number of nitrogens with zero attached hydrogens (tertiary/aromatic N) is 3. The van der Waals surface area contributed by atoms with Crippen molar-refractivity contribution < 1.29 is 9.18 Å². The molecule has 5 nitrogen and oxygen atoms in total. The third kappa shape index (κ3) is 3.51. The lowest BCUT2D eigenvalue weighted by atomic mass is 9.87. The number of hydrogen-bond acceptors (Lipinski definition) is 3. The summed E-state index contributed by atoms with van der Waals surface area (Å²) in [6, 6.07) is 6.87. The second kappa shape index (κ2) is 7.19. The predicted octanol–water partition coefficient (Wildman–Crippen LogP) is 2.54. The normalized spacial score (nSPS) is 23.7. The van der Waals surface area contributed by atoms with E-state index in [-0.39, 0.29) is 11.7 Å². The van der Waals surface area contributed by atoms with E-state index in [0.29, 0.717) is 24.6 Å². The molecule has 1 aromatic carbocycles. The van der Waals surface area contributed by atoms with Crippen LogP contribution >= 0.6 is 0 Å². The highest BCUT2D eigenvalue weighted by atomic mass is 19.1. The van der Waals surface area contributed by atoms with E-state index in [1.165, 1.54) is 18.9 Å². The van der Waals surface area contributed by atoms with Gasteiger partial charge in [0.15, 0.2) is 0 Å². The molecule has 4 rings (SSSR count). The van der Waals surface area contributed by atoms with Crippen LogP contribution in [0.5, 0.6) is 0 Å². The summed E-state index contributed by atoms with van der Waals surface area (Å²) in [4.78, 5) is 19.5. The molecule has 1 aliphatic heterocycles. The minimum atomic E-state index is -0.672. The second-order valence-corrected chi connectivity index (χ2v) is 7.56. The second-order valence-electron chi connectivity index (χ2n) is 7.56. The van der Waals surface area contributed by atoms with Crippen LogP contribution in [-0.2, 0) is 16.9 Å². The molecule has 0 radical (unpaired) electrons. The van der Waals surface area contributed by atoms with E-state index in [9.17, 15) is 9.18 Å². The Labute approximate surface area is 153 Å². The van der Waals surface area contributed by atoms with Crippen molar-refractivity contribution in [2.45, 2.75) is 37.8 Å². The van der Waals surface area contributed by atoms with Crippen LogP contribution in [0.2, 0.25) is 0 Å². The Morgan fingerprint density at radius 3 is 2.92 bits per heavy atom. The number of nitrogens with one attached hydrogen (secondary N) is 1. The molecule has 2 fully saturated rings. The van der Waals surface area contributed by atoms with E-state index in [4.69, 9.17) is 0 Å². The average Bonchev–Trinajstić information content (AvgIpc) is 3.32. The molecular weight excluding hydrogens is 331 g/mol. The lowest BCUT2D eigenvalue weighted by Crippen LogP contribution is -2.58. The number of carbonyl (C=O) groups excluding carboxylic acids is 1. The Morgan fingerprint density at radius 2 is 2.19 bits per heavy atom. The number of imidazole rings is 1. The van der Waals surface area contributed by atoms with Crippen molar-refractivity contribution in [2.75, 3.05) is 19.6 Å². The molecule has 1 saturated carbocycles. The minimum absolute atomic E-state index is 0.0561.